The summed E-state index contributed by atoms with van der Waals surface area (Å²) in [4.78, 5) is 0. The lowest BCUT2D eigenvalue weighted by Gasteiger charge is -2.05. The number of hydrogen-bond acceptors (Lipinski definition) is 2. The molecule has 1 rings (SSSR count). The van der Waals surface area contributed by atoms with Gasteiger partial charge in [0.2, 0.25) is 0 Å². The predicted molar refractivity (Wildman–Crippen MR) is 108 cm³/mol. The molecule has 0 heterocycles. The molecule has 0 amide bonds. The van der Waals surface area contributed by atoms with Crippen LogP contribution >= 0.6 is 0 Å². The molecule has 0 aliphatic carbocycles. The van der Waals surface area contributed by atoms with Gasteiger partial charge in [-0.05, 0) is 62.3 Å². The molecule has 0 bridgehead atoms. The summed E-state index contributed by atoms with van der Waals surface area (Å²) in [6.07, 6.45) is 22.4. The molecule has 0 aliphatic heterocycles. The van der Waals surface area contributed by atoms with Crippen LogP contribution in [0, 0.1) is 0 Å². The van der Waals surface area contributed by atoms with Gasteiger partial charge in [0.15, 0.2) is 0 Å². The van der Waals surface area contributed by atoms with Crippen molar-refractivity contribution in [1.29, 1.82) is 0 Å². The Morgan fingerprint density at radius 1 is 0.720 bits per heavy atom. The molecule has 0 aromatic heterocycles. The maximum atomic E-state index is 9.73. The second-order valence-corrected chi connectivity index (χ2v) is 7.15. The van der Waals surface area contributed by atoms with E-state index < -0.39 is 0 Å². The molecule has 0 saturated heterocycles. The number of benzene rings is 1. The van der Waals surface area contributed by atoms with Crippen LogP contribution < -0.4 is 0 Å². The van der Waals surface area contributed by atoms with E-state index in [-0.39, 0.29) is 5.75 Å². The minimum atomic E-state index is 0.237. The van der Waals surface area contributed by atoms with Gasteiger partial charge in [-0.2, -0.15) is 0 Å². The second kappa shape index (κ2) is 14.9. The molecule has 0 aliphatic rings. The molecule has 1 aromatic rings. The average molecular weight is 347 g/mol. The Morgan fingerprint density at radius 2 is 1.28 bits per heavy atom. The van der Waals surface area contributed by atoms with E-state index in [1.54, 1.807) is 12.1 Å². The molecule has 0 unspecified atom stereocenters. The molecule has 0 saturated carbocycles. The van der Waals surface area contributed by atoms with E-state index in [1.807, 2.05) is 0 Å². The van der Waals surface area contributed by atoms with E-state index >= 15 is 0 Å². The number of phenols is 2. The molecule has 0 radical (unpaired) electrons. The third-order valence-corrected chi connectivity index (χ3v) is 4.77. The van der Waals surface area contributed by atoms with Crippen molar-refractivity contribution in [3.8, 4) is 11.5 Å². The topological polar surface area (TPSA) is 40.5 Å². The highest BCUT2D eigenvalue weighted by atomic mass is 16.3. The maximum absolute atomic E-state index is 9.73. The van der Waals surface area contributed by atoms with Crippen molar-refractivity contribution in [2.24, 2.45) is 0 Å². The zero-order valence-corrected chi connectivity index (χ0v) is 16.2. The zero-order chi connectivity index (χ0) is 18.2. The van der Waals surface area contributed by atoms with Crippen molar-refractivity contribution < 1.29 is 10.2 Å². The minimum absolute atomic E-state index is 0.237. The standard InChI is InChI=1S/C23H38O2/c1-2-3-4-5-6-7-8-9-10-11-12-13-14-15-16-17-21-20-22(24)18-19-23(21)25/h9-10,18-20,24-25H,2-8,11-17H2,1H3. The van der Waals surface area contributed by atoms with E-state index in [9.17, 15) is 10.2 Å². The number of hydrogen-bond donors (Lipinski definition) is 2. The van der Waals surface area contributed by atoms with Gasteiger partial charge in [0.25, 0.3) is 0 Å². The number of aromatic hydroxyl groups is 2. The van der Waals surface area contributed by atoms with Gasteiger partial charge >= 0.3 is 0 Å². The Bertz CT molecular complexity index is 465. The lowest BCUT2D eigenvalue weighted by Crippen LogP contribution is -1.87. The highest BCUT2D eigenvalue weighted by molar-refractivity contribution is 5.38. The highest BCUT2D eigenvalue weighted by Gasteiger charge is 2.02. The first kappa shape index (κ1) is 21.6. The summed E-state index contributed by atoms with van der Waals surface area (Å²) in [6.45, 7) is 2.27. The molecule has 2 N–H and O–H groups in total. The first-order valence-electron chi connectivity index (χ1n) is 10.4. The summed E-state index contributed by atoms with van der Waals surface area (Å²) in [7, 11) is 0. The van der Waals surface area contributed by atoms with Crippen LogP contribution in [-0.2, 0) is 6.42 Å². The summed E-state index contributed by atoms with van der Waals surface area (Å²) < 4.78 is 0. The maximum Gasteiger partial charge on any atom is 0.119 e. The van der Waals surface area contributed by atoms with Crippen LogP contribution in [0.5, 0.6) is 11.5 Å². The Labute approximate surface area is 155 Å². The number of aryl methyl sites for hydroxylation is 1. The SMILES string of the molecule is CCCCCCCCC=CCCCCCCCc1cc(O)ccc1O. The Morgan fingerprint density at radius 3 is 1.92 bits per heavy atom. The van der Waals surface area contributed by atoms with E-state index in [0.717, 1.165) is 18.4 Å². The molecule has 0 atom stereocenters. The number of allylic oxidation sites excluding steroid dienone is 2. The van der Waals surface area contributed by atoms with E-state index in [1.165, 1.54) is 83.1 Å². The molecular formula is C23H38O2. The van der Waals surface area contributed by atoms with Crippen LogP contribution in [-0.4, -0.2) is 10.2 Å². The van der Waals surface area contributed by atoms with Crippen molar-refractivity contribution >= 4 is 0 Å². The Kier molecular flexibility index (Phi) is 12.8. The van der Waals surface area contributed by atoms with Gasteiger partial charge in [-0.15, -0.1) is 0 Å². The second-order valence-electron chi connectivity index (χ2n) is 7.15. The van der Waals surface area contributed by atoms with Crippen LogP contribution in [0.1, 0.15) is 96.0 Å². The normalized spacial score (nSPS) is 11.4. The van der Waals surface area contributed by atoms with Crippen molar-refractivity contribution in [1.82, 2.24) is 0 Å². The summed E-state index contributed by atoms with van der Waals surface area (Å²) in [6, 6.07) is 4.77. The van der Waals surface area contributed by atoms with Gasteiger partial charge < -0.3 is 10.2 Å². The molecule has 25 heavy (non-hydrogen) atoms. The number of rotatable bonds is 15. The predicted octanol–water partition coefficient (Wildman–Crippen LogP) is 7.29. The monoisotopic (exact) mass is 346 g/mol. The van der Waals surface area contributed by atoms with Crippen LogP contribution in [0.3, 0.4) is 0 Å². The smallest absolute Gasteiger partial charge is 0.119 e. The molecule has 0 spiro atoms. The first-order valence-corrected chi connectivity index (χ1v) is 10.4. The Hall–Kier alpha value is -1.44. The third-order valence-electron chi connectivity index (χ3n) is 4.77. The van der Waals surface area contributed by atoms with E-state index in [4.69, 9.17) is 0 Å². The first-order chi connectivity index (χ1) is 12.2. The van der Waals surface area contributed by atoms with Crippen molar-refractivity contribution in [2.45, 2.75) is 96.8 Å². The van der Waals surface area contributed by atoms with Crippen molar-refractivity contribution in [3.63, 3.8) is 0 Å². The molecule has 2 heteroatoms. The quantitative estimate of drug-likeness (QED) is 0.199. The zero-order valence-electron chi connectivity index (χ0n) is 16.2. The van der Waals surface area contributed by atoms with Gasteiger partial charge in [0.1, 0.15) is 11.5 Å². The fraction of sp³-hybridized carbons (Fsp3) is 0.652. The lowest BCUT2D eigenvalue weighted by molar-refractivity contribution is 0.452. The van der Waals surface area contributed by atoms with Gasteiger partial charge in [-0.25, -0.2) is 0 Å². The van der Waals surface area contributed by atoms with E-state index in [0.29, 0.717) is 5.75 Å². The minimum Gasteiger partial charge on any atom is -0.508 e. The largest absolute Gasteiger partial charge is 0.508 e. The third kappa shape index (κ3) is 11.7. The fourth-order valence-electron chi connectivity index (χ4n) is 3.16. The molecule has 0 fully saturated rings. The summed E-state index contributed by atoms with van der Waals surface area (Å²) in [5.41, 5.74) is 0.859. The van der Waals surface area contributed by atoms with Gasteiger partial charge in [0.05, 0.1) is 0 Å². The summed E-state index contributed by atoms with van der Waals surface area (Å²) >= 11 is 0. The number of unbranched alkanes of at least 4 members (excludes halogenated alkanes) is 11. The van der Waals surface area contributed by atoms with Crippen LogP contribution in [0.15, 0.2) is 30.4 Å². The van der Waals surface area contributed by atoms with E-state index in [2.05, 4.69) is 19.1 Å². The van der Waals surface area contributed by atoms with Gasteiger partial charge in [-0.1, -0.05) is 70.4 Å². The van der Waals surface area contributed by atoms with Crippen LogP contribution in [0.25, 0.3) is 0 Å². The average Bonchev–Trinajstić information content (AvgIpc) is 2.61. The molecule has 1 aromatic carbocycles. The van der Waals surface area contributed by atoms with Crippen molar-refractivity contribution in [2.75, 3.05) is 0 Å². The highest BCUT2D eigenvalue weighted by Crippen LogP contribution is 2.24. The van der Waals surface area contributed by atoms with Gasteiger partial charge in [-0.3, -0.25) is 0 Å². The Balaban J connectivity index is 1.88. The fourth-order valence-corrected chi connectivity index (χ4v) is 3.16. The van der Waals surface area contributed by atoms with Gasteiger partial charge in [0, 0.05) is 0 Å². The molecular weight excluding hydrogens is 308 g/mol. The summed E-state index contributed by atoms with van der Waals surface area (Å²) in [5, 5.41) is 19.2. The molecule has 2 nitrogen and oxygen atoms in total. The summed E-state index contributed by atoms with van der Waals surface area (Å²) in [5.74, 6) is 0.536. The lowest BCUT2D eigenvalue weighted by atomic mass is 10.0. The van der Waals surface area contributed by atoms with Crippen LogP contribution in [0.2, 0.25) is 0 Å². The van der Waals surface area contributed by atoms with Crippen molar-refractivity contribution in [3.05, 3.63) is 35.9 Å². The van der Waals surface area contributed by atoms with Crippen LogP contribution in [0.4, 0.5) is 0 Å². The molecule has 142 valence electrons. The number of phenolic OH excluding ortho intramolecular Hbond substituents is 2.